The predicted molar refractivity (Wildman–Crippen MR) is 69.7 cm³/mol. The SMILES string of the molecule is CNC(C)(CCCSCCCOC)C(N)=O. The Labute approximate surface area is 103 Å². The van der Waals surface area contributed by atoms with Crippen molar-refractivity contribution in [1.29, 1.82) is 0 Å². The van der Waals surface area contributed by atoms with Crippen molar-refractivity contribution < 1.29 is 9.53 Å². The smallest absolute Gasteiger partial charge is 0.237 e. The number of carbonyl (C=O) groups is 1. The zero-order valence-electron chi connectivity index (χ0n) is 10.5. The number of nitrogens with two attached hydrogens (primary N) is 1. The van der Waals surface area contributed by atoms with Crippen LogP contribution in [0.4, 0.5) is 0 Å². The van der Waals surface area contributed by atoms with Crippen LogP contribution in [0.25, 0.3) is 0 Å². The number of thioether (sulfide) groups is 1. The van der Waals surface area contributed by atoms with E-state index in [1.54, 1.807) is 14.2 Å². The Balaban J connectivity index is 3.53. The molecule has 0 aromatic heterocycles. The Morgan fingerprint density at radius 3 is 2.56 bits per heavy atom. The summed E-state index contributed by atoms with van der Waals surface area (Å²) in [6, 6.07) is 0. The summed E-state index contributed by atoms with van der Waals surface area (Å²) in [7, 11) is 3.49. The molecule has 1 atom stereocenters. The van der Waals surface area contributed by atoms with Gasteiger partial charge in [-0.1, -0.05) is 0 Å². The highest BCUT2D eigenvalue weighted by molar-refractivity contribution is 7.99. The molecule has 0 saturated heterocycles. The number of nitrogens with one attached hydrogen (secondary N) is 1. The lowest BCUT2D eigenvalue weighted by atomic mass is 9.96. The predicted octanol–water partition coefficient (Wildman–Crippen LogP) is 1.000. The Morgan fingerprint density at radius 2 is 2.06 bits per heavy atom. The molecule has 0 radical (unpaired) electrons. The first-order valence-corrected chi connectivity index (χ1v) is 6.78. The first-order chi connectivity index (χ1) is 7.56. The van der Waals surface area contributed by atoms with E-state index in [2.05, 4.69) is 5.32 Å². The average molecular weight is 248 g/mol. The van der Waals surface area contributed by atoms with E-state index in [4.69, 9.17) is 10.5 Å². The van der Waals surface area contributed by atoms with Crippen LogP contribution in [0.1, 0.15) is 26.2 Å². The van der Waals surface area contributed by atoms with Crippen LogP contribution < -0.4 is 11.1 Å². The molecule has 16 heavy (non-hydrogen) atoms. The number of hydrogen-bond acceptors (Lipinski definition) is 4. The van der Waals surface area contributed by atoms with Crippen LogP contribution in [0.5, 0.6) is 0 Å². The zero-order chi connectivity index (χ0) is 12.4. The summed E-state index contributed by atoms with van der Waals surface area (Å²) in [4.78, 5) is 11.2. The van der Waals surface area contributed by atoms with Crippen molar-refractivity contribution in [2.45, 2.75) is 31.7 Å². The number of carbonyl (C=O) groups excluding carboxylic acids is 1. The minimum atomic E-state index is -0.562. The molecule has 0 aromatic rings. The molecule has 0 aliphatic heterocycles. The van der Waals surface area contributed by atoms with Gasteiger partial charge >= 0.3 is 0 Å². The number of hydrogen-bond donors (Lipinski definition) is 2. The molecule has 0 bridgehead atoms. The molecule has 0 aliphatic carbocycles. The number of amides is 1. The van der Waals surface area contributed by atoms with Gasteiger partial charge in [-0.15, -0.1) is 0 Å². The van der Waals surface area contributed by atoms with Crippen molar-refractivity contribution in [1.82, 2.24) is 5.32 Å². The molecule has 1 unspecified atom stereocenters. The third-order valence-electron chi connectivity index (χ3n) is 2.70. The highest BCUT2D eigenvalue weighted by Crippen LogP contribution is 2.14. The van der Waals surface area contributed by atoms with Crippen molar-refractivity contribution in [3.63, 3.8) is 0 Å². The summed E-state index contributed by atoms with van der Waals surface area (Å²) in [6.07, 6.45) is 2.87. The van der Waals surface area contributed by atoms with E-state index in [0.29, 0.717) is 0 Å². The van der Waals surface area contributed by atoms with Crippen LogP contribution in [0.3, 0.4) is 0 Å². The Hall–Kier alpha value is -0.260. The maximum atomic E-state index is 11.2. The standard InChI is InChI=1S/C11H24N2O2S/c1-11(13-2,10(12)14)6-4-8-16-9-5-7-15-3/h13H,4-9H2,1-3H3,(H2,12,14). The minimum Gasteiger partial charge on any atom is -0.385 e. The molecular formula is C11H24N2O2S. The average Bonchev–Trinajstić information content (AvgIpc) is 2.27. The van der Waals surface area contributed by atoms with Gasteiger partial charge in [0.2, 0.25) is 5.91 Å². The molecule has 5 heteroatoms. The van der Waals surface area contributed by atoms with Gasteiger partial charge in [0.25, 0.3) is 0 Å². The highest BCUT2D eigenvalue weighted by atomic mass is 32.2. The largest absolute Gasteiger partial charge is 0.385 e. The van der Waals surface area contributed by atoms with E-state index in [9.17, 15) is 4.79 Å². The van der Waals surface area contributed by atoms with Crippen molar-refractivity contribution in [3.05, 3.63) is 0 Å². The lowest BCUT2D eigenvalue weighted by molar-refractivity contribution is -0.123. The first kappa shape index (κ1) is 15.7. The summed E-state index contributed by atoms with van der Waals surface area (Å²) in [5.74, 6) is 1.90. The molecule has 0 heterocycles. The van der Waals surface area contributed by atoms with Gasteiger partial charge < -0.3 is 15.8 Å². The van der Waals surface area contributed by atoms with Crippen molar-refractivity contribution in [2.24, 2.45) is 5.73 Å². The highest BCUT2D eigenvalue weighted by Gasteiger charge is 2.27. The van der Waals surface area contributed by atoms with E-state index >= 15 is 0 Å². The molecule has 0 aliphatic rings. The second-order valence-electron chi connectivity index (χ2n) is 4.01. The summed E-state index contributed by atoms with van der Waals surface area (Å²) in [5.41, 5.74) is 4.77. The van der Waals surface area contributed by atoms with E-state index in [-0.39, 0.29) is 5.91 Å². The number of ether oxygens (including phenoxy) is 1. The van der Waals surface area contributed by atoms with Gasteiger partial charge in [-0.05, 0) is 44.7 Å². The second kappa shape index (κ2) is 8.84. The van der Waals surface area contributed by atoms with Crippen LogP contribution in [0.15, 0.2) is 0 Å². The Bertz CT molecular complexity index is 202. The molecular weight excluding hydrogens is 224 g/mol. The third kappa shape index (κ3) is 6.35. The zero-order valence-corrected chi connectivity index (χ0v) is 11.4. The molecule has 0 fully saturated rings. The van der Waals surface area contributed by atoms with E-state index in [1.165, 1.54) is 0 Å². The minimum absolute atomic E-state index is 0.278. The topological polar surface area (TPSA) is 64.3 Å². The molecule has 4 nitrogen and oxygen atoms in total. The fourth-order valence-corrected chi connectivity index (χ4v) is 2.18. The summed E-state index contributed by atoms with van der Waals surface area (Å²) < 4.78 is 4.97. The number of primary amides is 1. The number of methoxy groups -OCH3 is 1. The van der Waals surface area contributed by atoms with Crippen LogP contribution in [-0.2, 0) is 9.53 Å². The third-order valence-corrected chi connectivity index (χ3v) is 3.85. The maximum absolute atomic E-state index is 11.2. The molecule has 0 saturated carbocycles. The van der Waals surface area contributed by atoms with Crippen molar-refractivity contribution >= 4 is 17.7 Å². The maximum Gasteiger partial charge on any atom is 0.237 e. The van der Waals surface area contributed by atoms with Crippen LogP contribution >= 0.6 is 11.8 Å². The monoisotopic (exact) mass is 248 g/mol. The molecule has 96 valence electrons. The quantitative estimate of drug-likeness (QED) is 0.566. The van der Waals surface area contributed by atoms with E-state index < -0.39 is 5.54 Å². The fourth-order valence-electron chi connectivity index (χ4n) is 1.31. The lowest BCUT2D eigenvalue weighted by Gasteiger charge is -2.25. The van der Waals surface area contributed by atoms with Crippen LogP contribution in [0.2, 0.25) is 0 Å². The molecule has 3 N–H and O–H groups in total. The normalized spacial score (nSPS) is 14.7. The van der Waals surface area contributed by atoms with E-state index in [1.807, 2.05) is 18.7 Å². The molecule has 1 amide bonds. The summed E-state index contributed by atoms with van der Waals surface area (Å²) in [6.45, 7) is 2.67. The molecule has 0 rings (SSSR count). The van der Waals surface area contributed by atoms with Gasteiger partial charge in [0.15, 0.2) is 0 Å². The van der Waals surface area contributed by atoms with Crippen molar-refractivity contribution in [2.75, 3.05) is 32.3 Å². The van der Waals surface area contributed by atoms with Gasteiger partial charge in [0.1, 0.15) is 0 Å². The first-order valence-electron chi connectivity index (χ1n) is 5.62. The van der Waals surface area contributed by atoms with Gasteiger partial charge in [0, 0.05) is 13.7 Å². The van der Waals surface area contributed by atoms with Crippen LogP contribution in [-0.4, -0.2) is 43.7 Å². The van der Waals surface area contributed by atoms with Gasteiger partial charge in [-0.2, -0.15) is 11.8 Å². The Morgan fingerprint density at radius 1 is 1.44 bits per heavy atom. The number of likely N-dealkylation sites (N-methyl/N-ethyl adjacent to an activating group) is 1. The summed E-state index contributed by atoms with van der Waals surface area (Å²) >= 11 is 1.90. The molecule has 0 aromatic carbocycles. The lowest BCUT2D eigenvalue weighted by Crippen LogP contribution is -2.51. The second-order valence-corrected chi connectivity index (χ2v) is 5.23. The number of rotatable bonds is 10. The summed E-state index contributed by atoms with van der Waals surface area (Å²) in [5, 5.41) is 2.99. The van der Waals surface area contributed by atoms with Gasteiger partial charge in [-0.25, -0.2) is 0 Å². The van der Waals surface area contributed by atoms with Gasteiger partial charge in [-0.3, -0.25) is 4.79 Å². The fraction of sp³-hybridized carbons (Fsp3) is 0.909. The van der Waals surface area contributed by atoms with Crippen LogP contribution in [0, 0.1) is 0 Å². The van der Waals surface area contributed by atoms with Crippen molar-refractivity contribution in [3.8, 4) is 0 Å². The Kier molecular flexibility index (Phi) is 8.70. The van der Waals surface area contributed by atoms with E-state index in [0.717, 1.165) is 37.4 Å². The molecule has 0 spiro atoms. The van der Waals surface area contributed by atoms with Gasteiger partial charge in [0.05, 0.1) is 5.54 Å².